The number of rotatable bonds is 12. The highest BCUT2D eigenvalue weighted by molar-refractivity contribution is 5.32. The molecule has 1 heterocycles. The number of hydrogen-bond acceptors (Lipinski definition) is 6. The molecular formula is C25H36N2O4. The van der Waals surface area contributed by atoms with Crippen molar-refractivity contribution >= 4 is 0 Å². The average molecular weight is 429 g/mol. The van der Waals surface area contributed by atoms with Gasteiger partial charge in [0.1, 0.15) is 36.6 Å². The molecule has 0 spiro atoms. The summed E-state index contributed by atoms with van der Waals surface area (Å²) in [5.41, 5.74) is 1.17. The third-order valence-corrected chi connectivity index (χ3v) is 5.48. The van der Waals surface area contributed by atoms with Gasteiger partial charge in [0, 0.05) is 25.7 Å². The highest BCUT2D eigenvalue weighted by atomic mass is 16.5. The van der Waals surface area contributed by atoms with Crippen LogP contribution in [0, 0.1) is 0 Å². The molecule has 1 fully saturated rings. The highest BCUT2D eigenvalue weighted by Gasteiger charge is 2.12. The molecule has 0 radical (unpaired) electrons. The molecule has 0 unspecified atom stereocenters. The van der Waals surface area contributed by atoms with Crippen LogP contribution in [0.1, 0.15) is 24.8 Å². The van der Waals surface area contributed by atoms with Gasteiger partial charge in [-0.3, -0.25) is 9.80 Å². The molecule has 3 rings (SSSR count). The van der Waals surface area contributed by atoms with Crippen molar-refractivity contribution in [3.63, 3.8) is 0 Å². The summed E-state index contributed by atoms with van der Waals surface area (Å²) in [6.45, 7) is 5.58. The maximum atomic E-state index is 10.4. The molecule has 0 saturated carbocycles. The Balaban J connectivity index is 1.38. The van der Waals surface area contributed by atoms with Crippen molar-refractivity contribution in [2.75, 3.05) is 53.6 Å². The molecule has 1 atom stereocenters. The first-order valence-electron chi connectivity index (χ1n) is 11.2. The zero-order chi connectivity index (χ0) is 21.9. The number of aliphatic hydroxyl groups is 1. The lowest BCUT2D eigenvalue weighted by Crippen LogP contribution is -2.33. The molecular weight excluding hydrogens is 392 g/mol. The molecule has 6 heteroatoms. The van der Waals surface area contributed by atoms with Crippen LogP contribution >= 0.6 is 0 Å². The number of nitrogens with zero attached hydrogens (tertiary/aromatic N) is 2. The molecule has 2 aromatic carbocycles. The Morgan fingerprint density at radius 1 is 0.968 bits per heavy atom. The first kappa shape index (κ1) is 23.4. The van der Waals surface area contributed by atoms with Crippen LogP contribution in [0.5, 0.6) is 17.2 Å². The molecule has 31 heavy (non-hydrogen) atoms. The van der Waals surface area contributed by atoms with Gasteiger partial charge in [0.15, 0.2) is 0 Å². The first-order chi connectivity index (χ1) is 15.1. The molecule has 0 aliphatic carbocycles. The van der Waals surface area contributed by atoms with Gasteiger partial charge in [-0.05, 0) is 62.8 Å². The number of likely N-dealkylation sites (tertiary alicyclic amines) is 1. The van der Waals surface area contributed by atoms with Crippen LogP contribution in [0.3, 0.4) is 0 Å². The van der Waals surface area contributed by atoms with Crippen molar-refractivity contribution in [2.45, 2.75) is 31.9 Å². The molecule has 0 bridgehead atoms. The van der Waals surface area contributed by atoms with E-state index in [0.29, 0.717) is 12.3 Å². The van der Waals surface area contributed by atoms with Crippen LogP contribution in [0.4, 0.5) is 0 Å². The van der Waals surface area contributed by atoms with E-state index in [-0.39, 0.29) is 6.61 Å². The normalized spacial score (nSPS) is 15.6. The van der Waals surface area contributed by atoms with Gasteiger partial charge in [0.05, 0.1) is 7.11 Å². The van der Waals surface area contributed by atoms with Gasteiger partial charge in [0.2, 0.25) is 0 Å². The maximum absolute atomic E-state index is 10.4. The monoisotopic (exact) mass is 428 g/mol. The summed E-state index contributed by atoms with van der Waals surface area (Å²) < 4.78 is 16.9. The minimum absolute atomic E-state index is 0.233. The van der Waals surface area contributed by atoms with Crippen LogP contribution in [0.25, 0.3) is 0 Å². The average Bonchev–Trinajstić information content (AvgIpc) is 2.79. The molecule has 170 valence electrons. The zero-order valence-electron chi connectivity index (χ0n) is 18.8. The third-order valence-electron chi connectivity index (χ3n) is 5.48. The Bertz CT molecular complexity index is 780. The number of likely N-dealkylation sites (N-methyl/N-ethyl adjacent to an activating group) is 1. The Kier molecular flexibility index (Phi) is 9.46. The molecule has 1 saturated heterocycles. The van der Waals surface area contributed by atoms with Crippen molar-refractivity contribution in [1.29, 1.82) is 0 Å². The minimum Gasteiger partial charge on any atom is -0.497 e. The standard InChI is InChI=1S/C25H36N2O4/c1-26(19-22(28)20-31-25-11-7-9-23(17-25)29-2)18-21-8-6-10-24(16-21)30-15-14-27-12-4-3-5-13-27/h6-11,16-17,22,28H,3-5,12-15,18-20H2,1-2H3/t22-/m1/s1. The van der Waals surface area contributed by atoms with E-state index in [0.717, 1.165) is 31.2 Å². The summed E-state index contributed by atoms with van der Waals surface area (Å²) in [6.07, 6.45) is 3.38. The highest BCUT2D eigenvalue weighted by Crippen LogP contribution is 2.19. The number of piperidine rings is 1. The Morgan fingerprint density at radius 3 is 2.45 bits per heavy atom. The van der Waals surface area contributed by atoms with Gasteiger partial charge in [-0.1, -0.05) is 24.6 Å². The molecule has 6 nitrogen and oxygen atoms in total. The van der Waals surface area contributed by atoms with Gasteiger partial charge in [-0.2, -0.15) is 0 Å². The minimum atomic E-state index is -0.583. The van der Waals surface area contributed by atoms with E-state index in [9.17, 15) is 5.11 Å². The molecule has 2 aromatic rings. The fourth-order valence-electron chi connectivity index (χ4n) is 3.88. The third kappa shape index (κ3) is 8.40. The van der Waals surface area contributed by atoms with Crippen LogP contribution in [-0.2, 0) is 6.54 Å². The summed E-state index contributed by atoms with van der Waals surface area (Å²) in [7, 11) is 3.62. The summed E-state index contributed by atoms with van der Waals surface area (Å²) in [5.74, 6) is 2.34. The van der Waals surface area contributed by atoms with Crippen molar-refractivity contribution in [3.05, 3.63) is 54.1 Å². The quantitative estimate of drug-likeness (QED) is 0.559. The van der Waals surface area contributed by atoms with E-state index in [4.69, 9.17) is 14.2 Å². The topological polar surface area (TPSA) is 54.4 Å². The zero-order valence-corrected chi connectivity index (χ0v) is 18.8. The van der Waals surface area contributed by atoms with Gasteiger partial charge in [-0.25, -0.2) is 0 Å². The van der Waals surface area contributed by atoms with Gasteiger partial charge in [0.25, 0.3) is 0 Å². The van der Waals surface area contributed by atoms with E-state index in [1.54, 1.807) is 7.11 Å². The van der Waals surface area contributed by atoms with E-state index in [2.05, 4.69) is 21.9 Å². The fourth-order valence-corrected chi connectivity index (χ4v) is 3.88. The largest absolute Gasteiger partial charge is 0.497 e. The molecule has 1 aliphatic heterocycles. The summed E-state index contributed by atoms with van der Waals surface area (Å²) in [5, 5.41) is 10.4. The molecule has 1 N–H and O–H groups in total. The van der Waals surface area contributed by atoms with Gasteiger partial charge < -0.3 is 19.3 Å². The van der Waals surface area contributed by atoms with E-state index in [1.807, 2.05) is 43.4 Å². The second kappa shape index (κ2) is 12.5. The Hall–Kier alpha value is -2.28. The summed E-state index contributed by atoms with van der Waals surface area (Å²) >= 11 is 0. The van der Waals surface area contributed by atoms with Crippen molar-refractivity contribution in [3.8, 4) is 17.2 Å². The lowest BCUT2D eigenvalue weighted by molar-refractivity contribution is 0.0743. The Morgan fingerprint density at radius 2 is 1.68 bits per heavy atom. The summed E-state index contributed by atoms with van der Waals surface area (Å²) in [6, 6.07) is 15.6. The van der Waals surface area contributed by atoms with Crippen LogP contribution in [-0.4, -0.2) is 74.6 Å². The fraction of sp³-hybridized carbons (Fsp3) is 0.520. The van der Waals surface area contributed by atoms with Crippen molar-refractivity contribution < 1.29 is 19.3 Å². The number of aliphatic hydroxyl groups excluding tert-OH is 1. The van der Waals surface area contributed by atoms with Crippen LogP contribution < -0.4 is 14.2 Å². The number of methoxy groups -OCH3 is 1. The first-order valence-corrected chi connectivity index (χ1v) is 11.2. The lowest BCUT2D eigenvalue weighted by atomic mass is 10.1. The van der Waals surface area contributed by atoms with Crippen LogP contribution in [0.15, 0.2) is 48.5 Å². The SMILES string of the molecule is COc1cccc(OC[C@H](O)CN(C)Cc2cccc(OCCN3CCCCC3)c2)c1. The number of benzene rings is 2. The summed E-state index contributed by atoms with van der Waals surface area (Å²) in [4.78, 5) is 4.57. The number of hydrogen-bond donors (Lipinski definition) is 1. The predicted molar refractivity (Wildman–Crippen MR) is 123 cm³/mol. The van der Waals surface area contributed by atoms with E-state index >= 15 is 0 Å². The van der Waals surface area contributed by atoms with Gasteiger partial charge >= 0.3 is 0 Å². The Labute approximate surface area is 186 Å². The smallest absolute Gasteiger partial charge is 0.123 e. The van der Waals surface area contributed by atoms with Crippen molar-refractivity contribution in [1.82, 2.24) is 9.80 Å². The van der Waals surface area contributed by atoms with E-state index in [1.165, 1.54) is 37.9 Å². The molecule has 0 aromatic heterocycles. The molecule has 0 amide bonds. The van der Waals surface area contributed by atoms with Crippen LogP contribution in [0.2, 0.25) is 0 Å². The lowest BCUT2D eigenvalue weighted by Gasteiger charge is -2.26. The van der Waals surface area contributed by atoms with Gasteiger partial charge in [-0.15, -0.1) is 0 Å². The molecule has 1 aliphatic rings. The van der Waals surface area contributed by atoms with Crippen molar-refractivity contribution in [2.24, 2.45) is 0 Å². The van der Waals surface area contributed by atoms with E-state index < -0.39 is 6.10 Å². The number of ether oxygens (including phenoxy) is 3. The second-order valence-corrected chi connectivity index (χ2v) is 8.24. The maximum Gasteiger partial charge on any atom is 0.123 e. The second-order valence-electron chi connectivity index (χ2n) is 8.24. The predicted octanol–water partition coefficient (Wildman–Crippen LogP) is 3.43.